The molecular formula is C32H26O4Ti. The summed E-state index contributed by atoms with van der Waals surface area (Å²) in [4.78, 5) is 20.4. The fourth-order valence-electron chi connectivity index (χ4n) is 3.30. The van der Waals surface area contributed by atoms with Crippen molar-refractivity contribution in [1.82, 2.24) is 0 Å². The van der Waals surface area contributed by atoms with Gasteiger partial charge in [0.05, 0.1) is 11.1 Å². The van der Waals surface area contributed by atoms with E-state index in [0.717, 1.165) is 0 Å². The Labute approximate surface area is 231 Å². The van der Waals surface area contributed by atoms with Gasteiger partial charge in [-0.3, -0.25) is 0 Å². The minimum Gasteiger partial charge on any atom is -0.478 e. The van der Waals surface area contributed by atoms with Crippen molar-refractivity contribution in [2.24, 2.45) is 0 Å². The van der Waals surface area contributed by atoms with Crippen molar-refractivity contribution >= 4 is 33.5 Å². The summed E-state index contributed by atoms with van der Waals surface area (Å²) < 4.78 is 0. The first-order chi connectivity index (χ1) is 17.5. The van der Waals surface area contributed by atoms with E-state index < -0.39 is 11.9 Å². The van der Waals surface area contributed by atoms with Crippen LogP contribution in [0.5, 0.6) is 0 Å². The molecule has 0 bridgehead atoms. The average Bonchev–Trinajstić information content (AvgIpc) is 3.60. The molecule has 0 aromatic heterocycles. The molecule has 6 aromatic carbocycles. The van der Waals surface area contributed by atoms with Gasteiger partial charge in [-0.1, -0.05) is 48.5 Å². The smallest absolute Gasteiger partial charge is 0.478 e. The fourth-order valence-corrected chi connectivity index (χ4v) is 3.30. The van der Waals surface area contributed by atoms with Crippen LogP contribution in [0.4, 0.5) is 0 Å². The zero-order valence-electron chi connectivity index (χ0n) is 20.1. The number of benzene rings is 4. The zero-order chi connectivity index (χ0) is 25.6. The molecule has 0 unspecified atom stereocenters. The van der Waals surface area contributed by atoms with Crippen molar-refractivity contribution < 1.29 is 41.5 Å². The van der Waals surface area contributed by atoms with E-state index in [1.807, 2.05) is 0 Å². The topological polar surface area (TPSA) is 74.6 Å². The molecule has 0 saturated carbocycles. The maximum Gasteiger partial charge on any atom is 2.00 e. The third-order valence-corrected chi connectivity index (χ3v) is 5.14. The standard InChI is InChI=1S/2C9H7.2C7H6O2.Ti/c2*1-2-5-9-7-3-6-8(9)4-1;2*8-7(9)6-4-2-1-3-5-6;/h2*1-7H;2*1-5H,(H,8,9);/q2*-1;;;+2. The fraction of sp³-hybridized carbons (Fsp3) is 0. The Kier molecular flexibility index (Phi) is 12.3. The summed E-state index contributed by atoms with van der Waals surface area (Å²) in [5.74, 6) is -1.76. The third-order valence-electron chi connectivity index (χ3n) is 5.14. The minimum absolute atomic E-state index is 0. The Hall–Kier alpha value is -4.25. The van der Waals surface area contributed by atoms with Crippen LogP contribution in [-0.4, -0.2) is 22.2 Å². The molecular weight excluding hydrogens is 496 g/mol. The Bertz CT molecular complexity index is 1310. The van der Waals surface area contributed by atoms with E-state index in [9.17, 15) is 9.59 Å². The molecule has 0 atom stereocenters. The largest absolute Gasteiger partial charge is 2.00 e. The van der Waals surface area contributed by atoms with Crippen LogP contribution in [0.2, 0.25) is 0 Å². The van der Waals surface area contributed by atoms with Crippen LogP contribution in [0.1, 0.15) is 20.7 Å². The molecule has 6 rings (SSSR count). The molecule has 0 radical (unpaired) electrons. The number of carboxylic acids is 2. The van der Waals surface area contributed by atoms with Gasteiger partial charge in [0.2, 0.25) is 0 Å². The molecule has 37 heavy (non-hydrogen) atoms. The monoisotopic (exact) mass is 522 g/mol. The van der Waals surface area contributed by atoms with Crippen molar-refractivity contribution in [3.63, 3.8) is 0 Å². The Balaban J connectivity index is 0.000000172. The number of hydrogen-bond donors (Lipinski definition) is 2. The van der Waals surface area contributed by atoms with Crippen molar-refractivity contribution in [1.29, 1.82) is 0 Å². The van der Waals surface area contributed by atoms with Crippen LogP contribution in [-0.2, 0) is 21.7 Å². The van der Waals surface area contributed by atoms with Gasteiger partial charge in [-0.15, -0.1) is 59.3 Å². The summed E-state index contributed by atoms with van der Waals surface area (Å²) in [6, 6.07) is 45.9. The second-order valence-electron chi connectivity index (χ2n) is 7.65. The number of fused-ring (bicyclic) bond motifs is 2. The van der Waals surface area contributed by atoms with Crippen LogP contribution in [0, 0.1) is 0 Å². The summed E-state index contributed by atoms with van der Waals surface area (Å²) in [5, 5.41) is 22.1. The van der Waals surface area contributed by atoms with E-state index >= 15 is 0 Å². The van der Waals surface area contributed by atoms with Gasteiger partial charge in [0.1, 0.15) is 0 Å². The van der Waals surface area contributed by atoms with E-state index in [1.165, 1.54) is 21.5 Å². The maximum atomic E-state index is 10.2. The van der Waals surface area contributed by atoms with Crippen molar-refractivity contribution in [3.05, 3.63) is 157 Å². The normalized spacial score (nSPS) is 9.30. The predicted octanol–water partition coefficient (Wildman–Crippen LogP) is 7.88. The van der Waals surface area contributed by atoms with Gasteiger partial charge in [-0.25, -0.2) is 9.59 Å². The minimum atomic E-state index is -0.879. The molecule has 2 N–H and O–H groups in total. The molecule has 4 nitrogen and oxygen atoms in total. The number of carboxylic acid groups (broad SMARTS) is 2. The number of carbonyl (C=O) groups is 2. The molecule has 0 aliphatic rings. The second kappa shape index (κ2) is 15.7. The molecule has 0 amide bonds. The zero-order valence-corrected chi connectivity index (χ0v) is 21.6. The summed E-state index contributed by atoms with van der Waals surface area (Å²) >= 11 is 0. The first-order valence-corrected chi connectivity index (χ1v) is 11.3. The molecule has 0 heterocycles. The van der Waals surface area contributed by atoms with Gasteiger partial charge in [-0.05, 0) is 24.3 Å². The number of hydrogen-bond acceptors (Lipinski definition) is 2. The van der Waals surface area contributed by atoms with Gasteiger partial charge in [0, 0.05) is 0 Å². The first kappa shape index (κ1) is 29.0. The van der Waals surface area contributed by atoms with Gasteiger partial charge >= 0.3 is 33.7 Å². The van der Waals surface area contributed by atoms with Crippen molar-refractivity contribution in [2.45, 2.75) is 0 Å². The Morgan fingerprint density at radius 2 is 0.784 bits per heavy atom. The van der Waals surface area contributed by atoms with Gasteiger partial charge in [0.25, 0.3) is 0 Å². The predicted molar refractivity (Wildman–Crippen MR) is 146 cm³/mol. The molecule has 0 aliphatic heterocycles. The summed E-state index contributed by atoms with van der Waals surface area (Å²) in [5.41, 5.74) is 0.662. The van der Waals surface area contributed by atoms with Crippen LogP contribution in [0.3, 0.4) is 0 Å². The van der Waals surface area contributed by atoms with Gasteiger partial charge in [0.15, 0.2) is 0 Å². The molecule has 5 heteroatoms. The van der Waals surface area contributed by atoms with E-state index in [-0.39, 0.29) is 21.7 Å². The second-order valence-corrected chi connectivity index (χ2v) is 7.65. The van der Waals surface area contributed by atoms with Crippen LogP contribution in [0.25, 0.3) is 21.5 Å². The van der Waals surface area contributed by atoms with Crippen LogP contribution in [0.15, 0.2) is 146 Å². The SMILES string of the molecule is O=C(O)c1ccccc1.O=C(O)c1ccccc1.[Ti+2].c1ccc2[cH-]ccc2c1.c1ccc2[cH-]ccc2c1. The van der Waals surface area contributed by atoms with E-state index in [4.69, 9.17) is 10.2 Å². The molecule has 0 fully saturated rings. The summed E-state index contributed by atoms with van der Waals surface area (Å²) in [6.07, 6.45) is 0. The first-order valence-electron chi connectivity index (χ1n) is 11.3. The molecule has 0 aliphatic carbocycles. The van der Waals surface area contributed by atoms with E-state index in [1.54, 1.807) is 60.7 Å². The van der Waals surface area contributed by atoms with E-state index in [0.29, 0.717) is 11.1 Å². The van der Waals surface area contributed by atoms with Gasteiger partial charge in [-0.2, -0.15) is 35.0 Å². The van der Waals surface area contributed by atoms with Crippen LogP contribution < -0.4 is 0 Å². The average molecular weight is 522 g/mol. The van der Waals surface area contributed by atoms with Crippen molar-refractivity contribution in [2.75, 3.05) is 0 Å². The molecule has 0 saturated heterocycles. The van der Waals surface area contributed by atoms with E-state index in [2.05, 4.69) is 84.9 Å². The Morgan fingerprint density at radius 1 is 0.459 bits per heavy atom. The Morgan fingerprint density at radius 3 is 1.08 bits per heavy atom. The third kappa shape index (κ3) is 9.73. The number of aromatic carboxylic acids is 2. The molecule has 6 aromatic rings. The quantitative estimate of drug-likeness (QED) is 0.179. The maximum absolute atomic E-state index is 10.2. The molecule has 182 valence electrons. The van der Waals surface area contributed by atoms with Crippen molar-refractivity contribution in [3.8, 4) is 0 Å². The number of rotatable bonds is 2. The van der Waals surface area contributed by atoms with Crippen LogP contribution >= 0.6 is 0 Å². The molecule has 0 spiro atoms. The van der Waals surface area contributed by atoms with Gasteiger partial charge < -0.3 is 10.2 Å². The summed E-state index contributed by atoms with van der Waals surface area (Å²) in [7, 11) is 0. The summed E-state index contributed by atoms with van der Waals surface area (Å²) in [6.45, 7) is 0.